The maximum Gasteiger partial charge on any atom is 0.418 e. The Morgan fingerprint density at radius 2 is 2.00 bits per heavy atom. The molecule has 4 rings (SSSR count). The summed E-state index contributed by atoms with van der Waals surface area (Å²) in [6, 6.07) is 6.46. The zero-order chi connectivity index (χ0) is 22.4. The van der Waals surface area contributed by atoms with Gasteiger partial charge in [0.05, 0.1) is 9.35 Å². The molecule has 166 valence electrons. The Bertz CT molecular complexity index is 1180. The Hall–Kier alpha value is -1.96. The second kappa shape index (κ2) is 8.19. The van der Waals surface area contributed by atoms with E-state index in [2.05, 4.69) is 26.1 Å². The van der Waals surface area contributed by atoms with Crippen molar-refractivity contribution in [2.45, 2.75) is 23.4 Å². The molecule has 31 heavy (non-hydrogen) atoms. The van der Waals surface area contributed by atoms with Crippen LogP contribution in [-0.2, 0) is 16.2 Å². The number of nitrogens with zero attached hydrogens (tertiary/aromatic N) is 4. The first-order chi connectivity index (χ1) is 14.6. The smallest absolute Gasteiger partial charge is 0.418 e. The Kier molecular flexibility index (Phi) is 5.87. The molecular weight excluding hydrogens is 521 g/mol. The van der Waals surface area contributed by atoms with Gasteiger partial charge in [0.15, 0.2) is 0 Å². The highest BCUT2D eigenvalue weighted by Crippen LogP contribution is 2.40. The van der Waals surface area contributed by atoms with Gasteiger partial charge in [0, 0.05) is 36.9 Å². The SMILES string of the molecule is CC1CN(c2ccc(-c3nnco3)cc2C(F)(F)F)CCN1S(=O)(=O)c1ccc(Br)s1. The largest absolute Gasteiger partial charge is 0.423 e. The highest BCUT2D eigenvalue weighted by Gasteiger charge is 2.39. The summed E-state index contributed by atoms with van der Waals surface area (Å²) in [5, 5.41) is 7.16. The zero-order valence-electron chi connectivity index (χ0n) is 16.0. The lowest BCUT2D eigenvalue weighted by molar-refractivity contribution is -0.137. The Morgan fingerprint density at radius 1 is 1.23 bits per heavy atom. The van der Waals surface area contributed by atoms with E-state index in [-0.39, 0.29) is 41.0 Å². The molecule has 0 saturated carbocycles. The predicted octanol–water partition coefficient (Wildman–Crippen LogP) is 4.48. The van der Waals surface area contributed by atoms with E-state index in [0.29, 0.717) is 3.79 Å². The highest BCUT2D eigenvalue weighted by molar-refractivity contribution is 9.11. The summed E-state index contributed by atoms with van der Waals surface area (Å²) < 4.78 is 74.6. The molecule has 1 aliphatic rings. The Labute approximate surface area is 188 Å². The van der Waals surface area contributed by atoms with Crippen molar-refractivity contribution in [3.8, 4) is 11.5 Å². The third kappa shape index (κ3) is 4.36. The van der Waals surface area contributed by atoms with Crippen molar-refractivity contribution in [3.63, 3.8) is 0 Å². The number of halogens is 4. The summed E-state index contributed by atoms with van der Waals surface area (Å²) in [6.45, 7) is 2.00. The van der Waals surface area contributed by atoms with Gasteiger partial charge in [-0.25, -0.2) is 8.42 Å². The first-order valence-corrected chi connectivity index (χ1v) is 12.1. The lowest BCUT2D eigenvalue weighted by Crippen LogP contribution is -2.54. The molecule has 1 saturated heterocycles. The Balaban J connectivity index is 1.62. The number of thiophene rings is 1. The van der Waals surface area contributed by atoms with Crippen molar-refractivity contribution in [1.29, 1.82) is 0 Å². The molecule has 13 heteroatoms. The van der Waals surface area contributed by atoms with E-state index in [1.165, 1.54) is 22.5 Å². The number of aromatic nitrogens is 2. The van der Waals surface area contributed by atoms with Crippen LogP contribution in [0.5, 0.6) is 0 Å². The average molecular weight is 537 g/mol. The fourth-order valence-corrected chi connectivity index (χ4v) is 7.29. The fraction of sp³-hybridized carbons (Fsp3) is 0.333. The summed E-state index contributed by atoms with van der Waals surface area (Å²) >= 11 is 4.35. The minimum atomic E-state index is -4.61. The molecule has 7 nitrogen and oxygen atoms in total. The van der Waals surface area contributed by atoms with E-state index in [0.717, 1.165) is 23.8 Å². The molecule has 0 radical (unpaired) electrons. The Morgan fingerprint density at radius 3 is 2.58 bits per heavy atom. The molecule has 1 aromatic carbocycles. The van der Waals surface area contributed by atoms with Crippen molar-refractivity contribution in [2.75, 3.05) is 24.5 Å². The van der Waals surface area contributed by atoms with Crippen LogP contribution in [0.25, 0.3) is 11.5 Å². The average Bonchev–Trinajstić information content (AvgIpc) is 3.39. The molecule has 3 aromatic rings. The maximum absolute atomic E-state index is 13.8. The van der Waals surface area contributed by atoms with Crippen LogP contribution in [0.1, 0.15) is 12.5 Å². The number of rotatable bonds is 4. The van der Waals surface area contributed by atoms with Gasteiger partial charge in [0.25, 0.3) is 10.0 Å². The van der Waals surface area contributed by atoms with Crippen molar-refractivity contribution in [3.05, 3.63) is 46.1 Å². The quantitative estimate of drug-likeness (QED) is 0.489. The van der Waals surface area contributed by atoms with Crippen molar-refractivity contribution < 1.29 is 26.0 Å². The van der Waals surface area contributed by atoms with E-state index >= 15 is 0 Å². The fourth-order valence-electron chi connectivity index (χ4n) is 3.54. The minimum Gasteiger partial charge on any atom is -0.423 e. The lowest BCUT2D eigenvalue weighted by atomic mass is 10.1. The van der Waals surface area contributed by atoms with Crippen LogP contribution < -0.4 is 4.90 Å². The van der Waals surface area contributed by atoms with Gasteiger partial charge in [-0.3, -0.25) is 0 Å². The van der Waals surface area contributed by atoms with Gasteiger partial charge < -0.3 is 9.32 Å². The lowest BCUT2D eigenvalue weighted by Gasteiger charge is -2.40. The van der Waals surface area contributed by atoms with Crippen LogP contribution in [-0.4, -0.2) is 48.6 Å². The molecule has 0 spiro atoms. The predicted molar refractivity (Wildman–Crippen MR) is 112 cm³/mol. The summed E-state index contributed by atoms with van der Waals surface area (Å²) in [6.07, 6.45) is -3.56. The third-order valence-electron chi connectivity index (χ3n) is 4.93. The second-order valence-electron chi connectivity index (χ2n) is 6.94. The first kappa shape index (κ1) is 22.2. The molecule has 1 aliphatic heterocycles. The number of hydrogen-bond donors (Lipinski definition) is 0. The normalized spacial score (nSPS) is 18.5. The van der Waals surface area contributed by atoms with Gasteiger partial charge >= 0.3 is 6.18 Å². The van der Waals surface area contributed by atoms with Gasteiger partial charge in [-0.2, -0.15) is 17.5 Å². The number of benzene rings is 1. The van der Waals surface area contributed by atoms with E-state index in [9.17, 15) is 21.6 Å². The van der Waals surface area contributed by atoms with Gasteiger partial charge in [0.2, 0.25) is 12.3 Å². The molecule has 0 aliphatic carbocycles. The molecule has 1 unspecified atom stereocenters. The van der Waals surface area contributed by atoms with Crippen LogP contribution in [0.15, 0.2) is 49.1 Å². The molecule has 0 amide bonds. The monoisotopic (exact) mass is 536 g/mol. The van der Waals surface area contributed by atoms with Crippen LogP contribution in [0.4, 0.5) is 18.9 Å². The number of sulfonamides is 1. The molecule has 0 bridgehead atoms. The highest BCUT2D eigenvalue weighted by atomic mass is 79.9. The van der Waals surface area contributed by atoms with Crippen molar-refractivity contribution in [2.24, 2.45) is 0 Å². The summed E-state index contributed by atoms with van der Waals surface area (Å²) in [5.41, 5.74) is -0.696. The van der Waals surface area contributed by atoms with E-state index in [4.69, 9.17) is 4.42 Å². The molecule has 3 heterocycles. The van der Waals surface area contributed by atoms with Crippen LogP contribution in [0, 0.1) is 0 Å². The van der Waals surface area contributed by atoms with Crippen molar-refractivity contribution >= 4 is 43.0 Å². The second-order valence-corrected chi connectivity index (χ2v) is 11.5. The van der Waals surface area contributed by atoms with E-state index in [1.54, 1.807) is 17.9 Å². The van der Waals surface area contributed by atoms with Gasteiger partial charge in [-0.15, -0.1) is 21.5 Å². The van der Waals surface area contributed by atoms with Crippen LogP contribution in [0.3, 0.4) is 0 Å². The molecule has 1 atom stereocenters. The molecule has 1 fully saturated rings. The molecule has 2 aromatic heterocycles. The van der Waals surface area contributed by atoms with E-state index in [1.807, 2.05) is 0 Å². The zero-order valence-corrected chi connectivity index (χ0v) is 19.2. The van der Waals surface area contributed by atoms with E-state index < -0.39 is 27.8 Å². The summed E-state index contributed by atoms with van der Waals surface area (Å²) in [4.78, 5) is 1.56. The topological polar surface area (TPSA) is 79.5 Å². The maximum atomic E-state index is 13.8. The van der Waals surface area contributed by atoms with Crippen molar-refractivity contribution in [1.82, 2.24) is 14.5 Å². The first-order valence-electron chi connectivity index (χ1n) is 9.07. The van der Waals surface area contributed by atoms with Gasteiger partial charge in [-0.1, -0.05) is 0 Å². The molecule has 0 N–H and O–H groups in total. The third-order valence-corrected chi connectivity index (χ3v) is 9.03. The standard InChI is InChI=1S/C18H16BrF3N4O3S2/c1-11-9-25(6-7-26(11)31(27,28)16-5-4-15(19)30-16)14-3-2-12(17-24-23-10-29-17)8-13(14)18(20,21)22/h2-5,8,10-11H,6-7,9H2,1H3. The molecular formula is C18H16BrF3N4O3S2. The number of hydrogen-bond acceptors (Lipinski definition) is 7. The minimum absolute atomic E-state index is 0.0107. The van der Waals surface area contributed by atoms with Gasteiger partial charge in [0.1, 0.15) is 4.21 Å². The van der Waals surface area contributed by atoms with Gasteiger partial charge in [-0.05, 0) is 53.2 Å². The van der Waals surface area contributed by atoms with Crippen LogP contribution >= 0.6 is 27.3 Å². The summed E-state index contributed by atoms with van der Waals surface area (Å²) in [7, 11) is -3.73. The number of anilines is 1. The number of piperazine rings is 1. The van der Waals surface area contributed by atoms with Crippen LogP contribution in [0.2, 0.25) is 0 Å². The number of alkyl halides is 3. The summed E-state index contributed by atoms with van der Waals surface area (Å²) in [5.74, 6) is -0.0107.